The van der Waals surface area contributed by atoms with Crippen molar-refractivity contribution in [3.63, 3.8) is 0 Å². The SMILES string of the molecule is C=CC(=O)OCC1CCC(COC(=O)CCCCCO)CC1. The summed E-state index contributed by atoms with van der Waals surface area (Å²) in [6.07, 6.45) is 8.03. The maximum absolute atomic E-state index is 11.6. The Morgan fingerprint density at radius 3 is 2.14 bits per heavy atom. The smallest absolute Gasteiger partial charge is 0.330 e. The molecule has 5 nitrogen and oxygen atoms in total. The fraction of sp³-hybridized carbons (Fsp3) is 0.765. The first-order chi connectivity index (χ1) is 10.7. The highest BCUT2D eigenvalue weighted by Crippen LogP contribution is 2.29. The molecule has 0 amide bonds. The molecule has 0 unspecified atom stereocenters. The molecule has 1 aliphatic rings. The zero-order valence-electron chi connectivity index (χ0n) is 13.3. The number of hydrogen-bond donors (Lipinski definition) is 1. The van der Waals surface area contributed by atoms with Crippen molar-refractivity contribution in [2.24, 2.45) is 11.8 Å². The van der Waals surface area contributed by atoms with Crippen molar-refractivity contribution in [1.29, 1.82) is 0 Å². The normalized spacial score (nSPS) is 21.1. The third-order valence-corrected chi connectivity index (χ3v) is 4.11. The Kier molecular flexibility index (Phi) is 9.55. The molecule has 0 bridgehead atoms. The molecule has 1 rings (SSSR count). The molecule has 0 saturated heterocycles. The van der Waals surface area contributed by atoms with Crippen LogP contribution in [-0.2, 0) is 19.1 Å². The molecule has 1 saturated carbocycles. The third kappa shape index (κ3) is 8.17. The summed E-state index contributed by atoms with van der Waals surface area (Å²) in [5, 5.41) is 8.66. The zero-order valence-corrected chi connectivity index (χ0v) is 13.3. The molecule has 0 aromatic rings. The van der Waals surface area contributed by atoms with Crippen LogP contribution in [-0.4, -0.2) is 36.9 Å². The molecule has 0 aromatic carbocycles. The van der Waals surface area contributed by atoms with Gasteiger partial charge in [-0.05, 0) is 50.4 Å². The minimum absolute atomic E-state index is 0.139. The Hall–Kier alpha value is -1.36. The number of carbonyl (C=O) groups excluding carboxylic acids is 2. The average Bonchev–Trinajstić information content (AvgIpc) is 2.55. The van der Waals surface area contributed by atoms with Gasteiger partial charge < -0.3 is 14.6 Å². The summed E-state index contributed by atoms with van der Waals surface area (Å²) < 4.78 is 10.4. The van der Waals surface area contributed by atoms with E-state index in [0.29, 0.717) is 31.5 Å². The summed E-state index contributed by atoms with van der Waals surface area (Å²) >= 11 is 0. The topological polar surface area (TPSA) is 72.8 Å². The molecule has 0 heterocycles. The lowest BCUT2D eigenvalue weighted by Gasteiger charge is -2.27. The predicted octanol–water partition coefficient (Wildman–Crippen LogP) is 2.62. The Morgan fingerprint density at radius 2 is 1.59 bits per heavy atom. The van der Waals surface area contributed by atoms with Gasteiger partial charge in [-0.25, -0.2) is 4.79 Å². The number of carbonyl (C=O) groups is 2. The van der Waals surface area contributed by atoms with Gasteiger partial charge in [-0.1, -0.05) is 13.0 Å². The molecular weight excluding hydrogens is 284 g/mol. The van der Waals surface area contributed by atoms with Gasteiger partial charge in [0.25, 0.3) is 0 Å². The van der Waals surface area contributed by atoms with Gasteiger partial charge in [0.05, 0.1) is 13.2 Å². The van der Waals surface area contributed by atoms with E-state index in [9.17, 15) is 9.59 Å². The van der Waals surface area contributed by atoms with Crippen LogP contribution < -0.4 is 0 Å². The van der Waals surface area contributed by atoms with Gasteiger partial charge in [-0.2, -0.15) is 0 Å². The second-order valence-electron chi connectivity index (χ2n) is 5.94. The molecule has 1 N–H and O–H groups in total. The van der Waals surface area contributed by atoms with Crippen LogP contribution >= 0.6 is 0 Å². The van der Waals surface area contributed by atoms with Crippen molar-refractivity contribution in [3.8, 4) is 0 Å². The van der Waals surface area contributed by atoms with Crippen LogP contribution in [0, 0.1) is 11.8 Å². The lowest BCUT2D eigenvalue weighted by Crippen LogP contribution is -2.23. The van der Waals surface area contributed by atoms with E-state index >= 15 is 0 Å². The van der Waals surface area contributed by atoms with Crippen LogP contribution in [0.15, 0.2) is 12.7 Å². The van der Waals surface area contributed by atoms with Crippen LogP contribution in [0.5, 0.6) is 0 Å². The lowest BCUT2D eigenvalue weighted by molar-refractivity contribution is -0.146. The van der Waals surface area contributed by atoms with E-state index in [1.807, 2.05) is 0 Å². The van der Waals surface area contributed by atoms with Crippen LogP contribution in [0.1, 0.15) is 51.4 Å². The predicted molar refractivity (Wildman–Crippen MR) is 83.1 cm³/mol. The first-order valence-corrected chi connectivity index (χ1v) is 8.21. The van der Waals surface area contributed by atoms with Crippen molar-refractivity contribution >= 4 is 11.9 Å². The molecule has 0 aromatic heterocycles. The van der Waals surface area contributed by atoms with Gasteiger partial charge in [-0.15, -0.1) is 0 Å². The van der Waals surface area contributed by atoms with Crippen LogP contribution in [0.2, 0.25) is 0 Å². The molecule has 0 spiro atoms. The van der Waals surface area contributed by atoms with Crippen molar-refractivity contribution in [3.05, 3.63) is 12.7 Å². The molecule has 126 valence electrons. The van der Waals surface area contributed by atoms with Crippen molar-refractivity contribution in [1.82, 2.24) is 0 Å². The minimum atomic E-state index is -0.364. The molecule has 0 atom stereocenters. The molecule has 0 radical (unpaired) electrons. The van der Waals surface area contributed by atoms with Gasteiger partial charge in [-0.3, -0.25) is 4.79 Å². The monoisotopic (exact) mass is 312 g/mol. The van der Waals surface area contributed by atoms with Gasteiger partial charge in [0, 0.05) is 19.1 Å². The first kappa shape index (κ1) is 18.7. The fourth-order valence-electron chi connectivity index (χ4n) is 2.66. The molecule has 1 aliphatic carbocycles. The van der Waals surface area contributed by atoms with E-state index in [0.717, 1.165) is 44.9 Å². The standard InChI is InChI=1S/C17H28O5/c1-2-16(19)21-12-14-7-9-15(10-8-14)13-22-17(20)6-4-3-5-11-18/h2,14-15,18H,1,3-13H2. The van der Waals surface area contributed by atoms with Crippen molar-refractivity contribution in [2.75, 3.05) is 19.8 Å². The van der Waals surface area contributed by atoms with E-state index in [4.69, 9.17) is 14.6 Å². The molecule has 0 aliphatic heterocycles. The highest BCUT2D eigenvalue weighted by Gasteiger charge is 2.23. The van der Waals surface area contributed by atoms with Crippen LogP contribution in [0.4, 0.5) is 0 Å². The summed E-state index contributed by atoms with van der Waals surface area (Å²) in [5.41, 5.74) is 0. The summed E-state index contributed by atoms with van der Waals surface area (Å²) in [7, 11) is 0. The Morgan fingerprint density at radius 1 is 1.00 bits per heavy atom. The molecule has 5 heteroatoms. The zero-order chi connectivity index (χ0) is 16.2. The third-order valence-electron chi connectivity index (χ3n) is 4.11. The Labute approximate surface area is 132 Å². The van der Waals surface area contributed by atoms with E-state index in [2.05, 4.69) is 6.58 Å². The second-order valence-corrected chi connectivity index (χ2v) is 5.94. The summed E-state index contributed by atoms with van der Waals surface area (Å²) in [6, 6.07) is 0. The van der Waals surface area contributed by atoms with Crippen molar-refractivity contribution in [2.45, 2.75) is 51.4 Å². The van der Waals surface area contributed by atoms with E-state index in [1.165, 1.54) is 6.08 Å². The van der Waals surface area contributed by atoms with E-state index in [-0.39, 0.29) is 18.5 Å². The molecule has 22 heavy (non-hydrogen) atoms. The highest BCUT2D eigenvalue weighted by molar-refractivity contribution is 5.81. The number of rotatable bonds is 10. The van der Waals surface area contributed by atoms with Crippen LogP contribution in [0.3, 0.4) is 0 Å². The first-order valence-electron chi connectivity index (χ1n) is 8.21. The van der Waals surface area contributed by atoms with Gasteiger partial charge in [0.1, 0.15) is 0 Å². The lowest BCUT2D eigenvalue weighted by atomic mass is 9.83. The number of esters is 2. The molecule has 1 fully saturated rings. The Bertz CT molecular complexity index is 345. The minimum Gasteiger partial charge on any atom is -0.465 e. The summed E-state index contributed by atoms with van der Waals surface area (Å²) in [6.45, 7) is 4.51. The average molecular weight is 312 g/mol. The summed E-state index contributed by atoms with van der Waals surface area (Å²) in [5.74, 6) is 0.333. The van der Waals surface area contributed by atoms with Crippen LogP contribution in [0.25, 0.3) is 0 Å². The van der Waals surface area contributed by atoms with Gasteiger partial charge in [0.15, 0.2) is 0 Å². The largest absolute Gasteiger partial charge is 0.465 e. The maximum Gasteiger partial charge on any atom is 0.330 e. The fourth-order valence-corrected chi connectivity index (χ4v) is 2.66. The number of aliphatic hydroxyl groups is 1. The number of aliphatic hydroxyl groups excluding tert-OH is 1. The second kappa shape index (κ2) is 11.2. The maximum atomic E-state index is 11.6. The molecular formula is C17H28O5. The van der Waals surface area contributed by atoms with Gasteiger partial charge in [0.2, 0.25) is 0 Å². The van der Waals surface area contributed by atoms with Crippen molar-refractivity contribution < 1.29 is 24.2 Å². The highest BCUT2D eigenvalue weighted by atomic mass is 16.5. The number of ether oxygens (including phenoxy) is 2. The number of hydrogen-bond acceptors (Lipinski definition) is 5. The van der Waals surface area contributed by atoms with E-state index in [1.54, 1.807) is 0 Å². The summed E-state index contributed by atoms with van der Waals surface area (Å²) in [4.78, 5) is 22.6. The Balaban J connectivity index is 2.06. The number of unbranched alkanes of at least 4 members (excludes halogenated alkanes) is 2. The quantitative estimate of drug-likeness (QED) is 0.381. The van der Waals surface area contributed by atoms with E-state index < -0.39 is 0 Å². The van der Waals surface area contributed by atoms with Gasteiger partial charge >= 0.3 is 11.9 Å².